The lowest BCUT2D eigenvalue weighted by Crippen LogP contribution is -1.98. The Morgan fingerprint density at radius 2 is 1.25 bits per heavy atom. The molecule has 0 saturated heterocycles. The summed E-state index contributed by atoms with van der Waals surface area (Å²) >= 11 is 0. The maximum atomic E-state index is 10.9. The van der Waals surface area contributed by atoms with Crippen LogP contribution < -0.4 is 0 Å². The molecule has 2 nitrogen and oxygen atoms in total. The second-order valence-corrected chi connectivity index (χ2v) is 2.43. The molecule has 0 fully saturated rings. The summed E-state index contributed by atoms with van der Waals surface area (Å²) in [7, 11) is 0. The molecule has 0 unspecified atom stereocenters. The maximum Gasteiger partial charge on any atom is 0.155 e. The first kappa shape index (κ1) is 10.8. The summed E-state index contributed by atoms with van der Waals surface area (Å²) in [6, 6.07) is 0. The van der Waals surface area contributed by atoms with Gasteiger partial charge >= 0.3 is 0 Å². The zero-order valence-corrected chi connectivity index (χ0v) is 7.54. The van der Waals surface area contributed by atoms with Crippen molar-refractivity contribution >= 4 is 11.6 Å². The summed E-state index contributed by atoms with van der Waals surface area (Å²) in [6.07, 6.45) is 6.97. The highest BCUT2D eigenvalue weighted by Gasteiger charge is 2.00. The van der Waals surface area contributed by atoms with Crippen molar-refractivity contribution in [3.63, 3.8) is 0 Å². The summed E-state index contributed by atoms with van der Waals surface area (Å²) in [6.45, 7) is 3.57. The van der Waals surface area contributed by atoms with Gasteiger partial charge in [0, 0.05) is 12.8 Å². The van der Waals surface area contributed by atoms with Crippen LogP contribution in [0, 0.1) is 0 Å². The molecule has 0 radical (unpaired) electrons. The van der Waals surface area contributed by atoms with E-state index < -0.39 is 0 Å². The fourth-order valence-corrected chi connectivity index (χ4v) is 0.785. The Balaban J connectivity index is 3.68. The van der Waals surface area contributed by atoms with E-state index in [2.05, 4.69) is 0 Å². The van der Waals surface area contributed by atoms with Crippen LogP contribution in [-0.4, -0.2) is 11.6 Å². The van der Waals surface area contributed by atoms with E-state index in [1.54, 1.807) is 26.0 Å². The van der Waals surface area contributed by atoms with E-state index in [4.69, 9.17) is 0 Å². The van der Waals surface area contributed by atoms with Crippen LogP contribution in [0.1, 0.15) is 26.7 Å². The Kier molecular flexibility index (Phi) is 5.88. The Bertz CT molecular complexity index is 188. The van der Waals surface area contributed by atoms with Gasteiger partial charge in [-0.2, -0.15) is 0 Å². The van der Waals surface area contributed by atoms with Gasteiger partial charge in [0.25, 0.3) is 0 Å². The van der Waals surface area contributed by atoms with Gasteiger partial charge in [-0.05, 0) is 26.0 Å². The van der Waals surface area contributed by atoms with Crippen molar-refractivity contribution in [1.82, 2.24) is 0 Å². The van der Waals surface area contributed by atoms with Crippen LogP contribution in [-0.2, 0) is 9.59 Å². The highest BCUT2D eigenvalue weighted by molar-refractivity contribution is 5.96. The first-order chi connectivity index (χ1) is 5.70. The largest absolute Gasteiger partial charge is 0.295 e. The van der Waals surface area contributed by atoms with Crippen molar-refractivity contribution in [3.8, 4) is 0 Å². The lowest BCUT2D eigenvalue weighted by molar-refractivity contribution is -0.119. The summed E-state index contributed by atoms with van der Waals surface area (Å²) < 4.78 is 0. The Morgan fingerprint density at radius 1 is 0.917 bits per heavy atom. The summed E-state index contributed by atoms with van der Waals surface area (Å²) in [5.41, 5.74) is 0. The van der Waals surface area contributed by atoms with Gasteiger partial charge in [-0.25, -0.2) is 0 Å². The van der Waals surface area contributed by atoms with Gasteiger partial charge in [0.05, 0.1) is 0 Å². The van der Waals surface area contributed by atoms with Gasteiger partial charge in [0.2, 0.25) is 0 Å². The van der Waals surface area contributed by atoms with Crippen molar-refractivity contribution in [3.05, 3.63) is 24.3 Å². The molecule has 0 atom stereocenters. The van der Waals surface area contributed by atoms with Crippen molar-refractivity contribution < 1.29 is 9.59 Å². The van der Waals surface area contributed by atoms with E-state index >= 15 is 0 Å². The molecule has 0 spiro atoms. The Morgan fingerprint density at radius 3 is 1.50 bits per heavy atom. The zero-order valence-electron chi connectivity index (χ0n) is 7.54. The highest BCUT2D eigenvalue weighted by atomic mass is 16.1. The Hall–Kier alpha value is -1.18. The smallest absolute Gasteiger partial charge is 0.155 e. The van der Waals surface area contributed by atoms with E-state index in [0.717, 1.165) is 0 Å². The third-order valence-electron chi connectivity index (χ3n) is 1.32. The van der Waals surface area contributed by atoms with E-state index in [0.29, 0.717) is 12.8 Å². The van der Waals surface area contributed by atoms with E-state index in [1.807, 2.05) is 0 Å². The van der Waals surface area contributed by atoms with Gasteiger partial charge in [-0.15, -0.1) is 0 Å². The lowest BCUT2D eigenvalue weighted by Gasteiger charge is -1.91. The van der Waals surface area contributed by atoms with Crippen LogP contribution in [0.2, 0.25) is 0 Å². The van der Waals surface area contributed by atoms with Gasteiger partial charge in [-0.3, -0.25) is 9.59 Å². The van der Waals surface area contributed by atoms with Gasteiger partial charge < -0.3 is 0 Å². The van der Waals surface area contributed by atoms with E-state index in [-0.39, 0.29) is 11.6 Å². The molecule has 0 rings (SSSR count). The molecule has 0 amide bonds. The minimum Gasteiger partial charge on any atom is -0.295 e. The van der Waals surface area contributed by atoms with Crippen LogP contribution in [0.25, 0.3) is 0 Å². The molecule has 0 aliphatic rings. The van der Waals surface area contributed by atoms with Crippen LogP contribution in [0.3, 0.4) is 0 Å². The second kappa shape index (κ2) is 6.53. The number of ketones is 2. The minimum atomic E-state index is 0.00959. The Labute approximate surface area is 73.0 Å². The van der Waals surface area contributed by atoms with Crippen LogP contribution in [0.4, 0.5) is 0 Å². The number of rotatable bonds is 5. The first-order valence-electron chi connectivity index (χ1n) is 4.01. The molecule has 0 N–H and O–H groups in total. The molecule has 0 aromatic heterocycles. The molecule has 2 heteroatoms. The highest BCUT2D eigenvalue weighted by Crippen LogP contribution is 1.95. The molecule has 0 aliphatic carbocycles. The van der Waals surface area contributed by atoms with Crippen molar-refractivity contribution in [2.75, 3.05) is 0 Å². The summed E-state index contributed by atoms with van der Waals surface area (Å²) in [4.78, 5) is 21.8. The lowest BCUT2D eigenvalue weighted by atomic mass is 10.1. The number of hydrogen-bond acceptors (Lipinski definition) is 2. The van der Waals surface area contributed by atoms with Crippen LogP contribution in [0.5, 0.6) is 0 Å². The SMILES string of the molecule is C/C=C/C(=O)CCC(=O)/C=C/C. The third kappa shape index (κ3) is 5.59. The zero-order chi connectivity index (χ0) is 9.40. The second-order valence-electron chi connectivity index (χ2n) is 2.43. The standard InChI is InChI=1S/C10H14O2/c1-3-5-9(11)7-8-10(12)6-4-2/h3-6H,7-8H2,1-2H3/b5-3+,6-4+. The molecular formula is C10H14O2. The average Bonchev–Trinajstić information content (AvgIpc) is 2.02. The normalized spacial score (nSPS) is 11.2. The van der Waals surface area contributed by atoms with Gasteiger partial charge in [-0.1, -0.05) is 12.2 Å². The molecule has 0 aromatic rings. The monoisotopic (exact) mass is 166 g/mol. The maximum absolute atomic E-state index is 10.9. The predicted molar refractivity (Wildman–Crippen MR) is 48.9 cm³/mol. The van der Waals surface area contributed by atoms with Gasteiger partial charge in [0.15, 0.2) is 11.6 Å². The van der Waals surface area contributed by atoms with Crippen LogP contribution >= 0.6 is 0 Å². The van der Waals surface area contributed by atoms with Crippen molar-refractivity contribution in [2.45, 2.75) is 26.7 Å². The number of carbonyl (C=O) groups excluding carboxylic acids is 2. The molecule has 66 valence electrons. The summed E-state index contributed by atoms with van der Waals surface area (Å²) in [5, 5.41) is 0. The number of hydrogen-bond donors (Lipinski definition) is 0. The quantitative estimate of drug-likeness (QED) is 0.586. The van der Waals surface area contributed by atoms with Gasteiger partial charge in [0.1, 0.15) is 0 Å². The number of allylic oxidation sites excluding steroid dienone is 4. The fourth-order valence-electron chi connectivity index (χ4n) is 0.785. The molecule has 0 heterocycles. The molecule has 12 heavy (non-hydrogen) atoms. The fraction of sp³-hybridized carbons (Fsp3) is 0.400. The van der Waals surface area contributed by atoms with Crippen LogP contribution in [0.15, 0.2) is 24.3 Å². The van der Waals surface area contributed by atoms with E-state index in [1.165, 1.54) is 12.2 Å². The predicted octanol–water partition coefficient (Wildman–Crippen LogP) is 2.06. The number of carbonyl (C=O) groups is 2. The molecular weight excluding hydrogens is 152 g/mol. The topological polar surface area (TPSA) is 34.1 Å². The van der Waals surface area contributed by atoms with E-state index in [9.17, 15) is 9.59 Å². The first-order valence-corrected chi connectivity index (χ1v) is 4.01. The molecule has 0 saturated carbocycles. The minimum absolute atomic E-state index is 0.00959. The third-order valence-corrected chi connectivity index (χ3v) is 1.32. The van der Waals surface area contributed by atoms with Crippen molar-refractivity contribution in [2.24, 2.45) is 0 Å². The summed E-state index contributed by atoms with van der Waals surface area (Å²) in [5.74, 6) is 0.0192. The molecule has 0 aliphatic heterocycles. The molecule has 0 bridgehead atoms. The van der Waals surface area contributed by atoms with Crippen molar-refractivity contribution in [1.29, 1.82) is 0 Å². The molecule has 0 aromatic carbocycles. The average molecular weight is 166 g/mol.